The molecule has 0 saturated carbocycles. The zero-order valence-electron chi connectivity index (χ0n) is 9.08. The number of hydrogen-bond acceptors (Lipinski definition) is 3. The monoisotopic (exact) mass is 288 g/mol. The van der Waals surface area contributed by atoms with Gasteiger partial charge < -0.3 is 0 Å². The Morgan fingerprint density at radius 3 is 3.13 bits per heavy atom. The SMILES string of the molecule is CC1CCCCN1Cc1ncc(CBr)s1. The van der Waals surface area contributed by atoms with Crippen molar-refractivity contribution < 1.29 is 0 Å². The first-order valence-corrected chi connectivity index (χ1v) is 7.47. The summed E-state index contributed by atoms with van der Waals surface area (Å²) in [7, 11) is 0. The molecule has 1 unspecified atom stereocenters. The molecule has 84 valence electrons. The van der Waals surface area contributed by atoms with Crippen molar-refractivity contribution in [2.24, 2.45) is 0 Å². The molecule has 0 radical (unpaired) electrons. The van der Waals surface area contributed by atoms with Crippen LogP contribution in [0.5, 0.6) is 0 Å². The van der Waals surface area contributed by atoms with Gasteiger partial charge in [-0.3, -0.25) is 4.90 Å². The summed E-state index contributed by atoms with van der Waals surface area (Å²) in [6, 6.07) is 0.732. The van der Waals surface area contributed by atoms with Gasteiger partial charge in [0.15, 0.2) is 0 Å². The Morgan fingerprint density at radius 1 is 1.60 bits per heavy atom. The van der Waals surface area contributed by atoms with Crippen molar-refractivity contribution in [3.63, 3.8) is 0 Å². The molecule has 1 fully saturated rings. The van der Waals surface area contributed by atoms with Crippen LogP contribution in [0.3, 0.4) is 0 Å². The topological polar surface area (TPSA) is 16.1 Å². The fourth-order valence-electron chi connectivity index (χ4n) is 2.05. The molecule has 1 atom stereocenters. The van der Waals surface area contributed by atoms with Crippen LogP contribution in [-0.4, -0.2) is 22.5 Å². The molecule has 0 bridgehead atoms. The van der Waals surface area contributed by atoms with Crippen molar-refractivity contribution in [1.29, 1.82) is 0 Å². The fraction of sp³-hybridized carbons (Fsp3) is 0.727. The number of rotatable bonds is 3. The van der Waals surface area contributed by atoms with Gasteiger partial charge in [-0.05, 0) is 26.3 Å². The van der Waals surface area contributed by atoms with E-state index in [0.717, 1.165) is 17.9 Å². The van der Waals surface area contributed by atoms with Crippen LogP contribution in [0.2, 0.25) is 0 Å². The number of piperidine rings is 1. The largest absolute Gasteiger partial charge is 0.294 e. The van der Waals surface area contributed by atoms with E-state index in [4.69, 9.17) is 0 Å². The molecule has 15 heavy (non-hydrogen) atoms. The second-order valence-electron chi connectivity index (χ2n) is 4.17. The Hall–Kier alpha value is 0.0700. The minimum Gasteiger partial charge on any atom is -0.294 e. The van der Waals surface area contributed by atoms with Gasteiger partial charge in [-0.1, -0.05) is 22.4 Å². The number of thiazole rings is 1. The lowest BCUT2D eigenvalue weighted by atomic mass is 10.0. The molecule has 0 amide bonds. The molecular formula is C11H17BrN2S. The summed E-state index contributed by atoms with van der Waals surface area (Å²) < 4.78 is 0. The van der Waals surface area contributed by atoms with Crippen LogP contribution in [-0.2, 0) is 11.9 Å². The van der Waals surface area contributed by atoms with Crippen LogP contribution in [0.15, 0.2) is 6.20 Å². The van der Waals surface area contributed by atoms with Crippen molar-refractivity contribution in [2.75, 3.05) is 6.54 Å². The van der Waals surface area contributed by atoms with Gasteiger partial charge in [-0.2, -0.15) is 0 Å². The Balaban J connectivity index is 1.95. The van der Waals surface area contributed by atoms with Gasteiger partial charge in [0.2, 0.25) is 0 Å². The van der Waals surface area contributed by atoms with Crippen LogP contribution in [0.1, 0.15) is 36.1 Å². The maximum atomic E-state index is 4.46. The molecule has 4 heteroatoms. The first kappa shape index (κ1) is 11.6. The second kappa shape index (κ2) is 5.41. The van der Waals surface area contributed by atoms with Gasteiger partial charge in [0.1, 0.15) is 5.01 Å². The highest BCUT2D eigenvalue weighted by molar-refractivity contribution is 9.08. The molecule has 0 aromatic carbocycles. The highest BCUT2D eigenvalue weighted by Crippen LogP contribution is 2.22. The first-order valence-electron chi connectivity index (χ1n) is 5.53. The number of hydrogen-bond donors (Lipinski definition) is 0. The number of alkyl halides is 1. The summed E-state index contributed by atoms with van der Waals surface area (Å²) in [5.74, 6) is 0. The summed E-state index contributed by atoms with van der Waals surface area (Å²) >= 11 is 5.29. The smallest absolute Gasteiger partial charge is 0.107 e. The summed E-state index contributed by atoms with van der Waals surface area (Å²) in [4.78, 5) is 8.35. The average molecular weight is 289 g/mol. The van der Waals surface area contributed by atoms with Crippen molar-refractivity contribution in [2.45, 2.75) is 44.1 Å². The van der Waals surface area contributed by atoms with Crippen LogP contribution >= 0.6 is 27.3 Å². The Kier molecular flexibility index (Phi) is 4.17. The highest BCUT2D eigenvalue weighted by atomic mass is 79.9. The summed E-state index contributed by atoms with van der Waals surface area (Å²) in [6.07, 6.45) is 6.07. The van der Waals surface area contributed by atoms with Gasteiger partial charge in [-0.25, -0.2) is 4.98 Å². The average Bonchev–Trinajstić information content (AvgIpc) is 2.69. The molecule has 1 aliphatic rings. The Morgan fingerprint density at radius 2 is 2.47 bits per heavy atom. The van der Waals surface area contributed by atoms with Crippen LogP contribution in [0, 0.1) is 0 Å². The van der Waals surface area contributed by atoms with E-state index in [1.807, 2.05) is 17.5 Å². The van der Waals surface area contributed by atoms with E-state index in [1.54, 1.807) is 0 Å². The number of aromatic nitrogens is 1. The number of likely N-dealkylation sites (tertiary alicyclic amines) is 1. The van der Waals surface area contributed by atoms with Crippen molar-refractivity contribution in [3.8, 4) is 0 Å². The Labute approximate surface area is 104 Å². The minimum atomic E-state index is 0.732. The van der Waals surface area contributed by atoms with Gasteiger partial charge in [-0.15, -0.1) is 11.3 Å². The van der Waals surface area contributed by atoms with Gasteiger partial charge in [0.05, 0.1) is 6.54 Å². The van der Waals surface area contributed by atoms with Gasteiger partial charge >= 0.3 is 0 Å². The van der Waals surface area contributed by atoms with Crippen molar-refractivity contribution in [3.05, 3.63) is 16.1 Å². The number of halogens is 1. The van der Waals surface area contributed by atoms with E-state index in [2.05, 4.69) is 32.7 Å². The summed E-state index contributed by atoms with van der Waals surface area (Å²) in [5.41, 5.74) is 0. The van der Waals surface area contributed by atoms with E-state index >= 15 is 0 Å². The van der Waals surface area contributed by atoms with Gasteiger partial charge in [0, 0.05) is 22.4 Å². The van der Waals surface area contributed by atoms with Crippen molar-refractivity contribution >= 4 is 27.3 Å². The summed E-state index contributed by atoms with van der Waals surface area (Å²) in [6.45, 7) is 4.61. The van der Waals surface area contributed by atoms with Crippen molar-refractivity contribution in [1.82, 2.24) is 9.88 Å². The quantitative estimate of drug-likeness (QED) is 0.793. The molecule has 1 aliphatic heterocycles. The zero-order valence-corrected chi connectivity index (χ0v) is 11.5. The van der Waals surface area contributed by atoms with E-state index in [1.165, 1.54) is 35.7 Å². The van der Waals surface area contributed by atoms with E-state index in [-0.39, 0.29) is 0 Å². The third-order valence-electron chi connectivity index (χ3n) is 3.01. The minimum absolute atomic E-state index is 0.732. The van der Waals surface area contributed by atoms with Crippen LogP contribution in [0.4, 0.5) is 0 Å². The molecule has 0 spiro atoms. The lowest BCUT2D eigenvalue weighted by Crippen LogP contribution is -2.36. The molecule has 0 N–H and O–H groups in total. The predicted octanol–water partition coefficient (Wildman–Crippen LogP) is 3.41. The van der Waals surface area contributed by atoms with Crippen LogP contribution in [0.25, 0.3) is 0 Å². The molecule has 0 aliphatic carbocycles. The summed E-state index contributed by atoms with van der Waals surface area (Å²) in [5, 5.41) is 2.19. The molecule has 1 aromatic rings. The third-order valence-corrected chi connectivity index (χ3v) is 4.97. The van der Waals surface area contributed by atoms with Gasteiger partial charge in [0.25, 0.3) is 0 Å². The predicted molar refractivity (Wildman–Crippen MR) is 68.5 cm³/mol. The normalized spacial score (nSPS) is 23.2. The maximum Gasteiger partial charge on any atom is 0.107 e. The molecule has 1 aromatic heterocycles. The van der Waals surface area contributed by atoms with E-state index in [0.29, 0.717) is 0 Å². The number of nitrogens with zero attached hydrogens (tertiary/aromatic N) is 2. The lowest BCUT2D eigenvalue weighted by molar-refractivity contribution is 0.152. The Bertz CT molecular complexity index is 313. The molecule has 1 saturated heterocycles. The first-order chi connectivity index (χ1) is 7.29. The lowest BCUT2D eigenvalue weighted by Gasteiger charge is -2.32. The van der Waals surface area contributed by atoms with E-state index < -0.39 is 0 Å². The van der Waals surface area contributed by atoms with E-state index in [9.17, 15) is 0 Å². The third kappa shape index (κ3) is 3.02. The molecular weight excluding hydrogens is 272 g/mol. The zero-order chi connectivity index (χ0) is 10.7. The molecule has 2 heterocycles. The standard InChI is InChI=1S/C11H17BrN2S/c1-9-4-2-3-5-14(9)8-11-13-7-10(6-12)15-11/h7,9H,2-6,8H2,1H3. The second-order valence-corrected chi connectivity index (χ2v) is 5.93. The van der Waals surface area contributed by atoms with Crippen LogP contribution < -0.4 is 0 Å². The molecule has 2 nitrogen and oxygen atoms in total. The fourth-order valence-corrected chi connectivity index (χ4v) is 3.34. The maximum absolute atomic E-state index is 4.46. The molecule has 2 rings (SSSR count). The highest BCUT2D eigenvalue weighted by Gasteiger charge is 2.19.